The molecule has 0 N–H and O–H groups in total. The van der Waals surface area contributed by atoms with Gasteiger partial charge in [0, 0.05) is 44.9 Å². The Kier molecular flexibility index (Phi) is 8.58. The van der Waals surface area contributed by atoms with Crippen LogP contribution < -0.4 is 9.64 Å². The fourth-order valence-electron chi connectivity index (χ4n) is 4.92. The number of methoxy groups -OCH3 is 1. The molecule has 0 spiro atoms. The Balaban J connectivity index is 1.19. The molecular formula is C29H32ClN5O4. The van der Waals surface area contributed by atoms with Crippen LogP contribution in [0, 0.1) is 0 Å². The lowest BCUT2D eigenvalue weighted by Gasteiger charge is -2.36. The van der Waals surface area contributed by atoms with Crippen LogP contribution in [0.3, 0.4) is 0 Å². The molecular weight excluding hydrogens is 518 g/mol. The van der Waals surface area contributed by atoms with Crippen molar-refractivity contribution < 1.29 is 19.1 Å². The van der Waals surface area contributed by atoms with Crippen LogP contribution in [0.4, 0.5) is 5.82 Å². The van der Waals surface area contributed by atoms with Gasteiger partial charge in [0.25, 0.3) is 5.91 Å². The second-order valence-corrected chi connectivity index (χ2v) is 10.1. The summed E-state index contributed by atoms with van der Waals surface area (Å²) in [5.74, 6) is 1.22. The molecule has 2 fully saturated rings. The summed E-state index contributed by atoms with van der Waals surface area (Å²) >= 11 is 6.30. The van der Waals surface area contributed by atoms with E-state index >= 15 is 0 Å². The highest BCUT2D eigenvalue weighted by molar-refractivity contribution is 6.33. The zero-order chi connectivity index (χ0) is 27.2. The smallest absolute Gasteiger partial charge is 0.255 e. The highest BCUT2D eigenvalue weighted by Crippen LogP contribution is 2.23. The number of amides is 2. The number of anilines is 1. The third-order valence-electron chi connectivity index (χ3n) is 7.16. The van der Waals surface area contributed by atoms with Crippen molar-refractivity contribution in [1.29, 1.82) is 0 Å². The molecule has 39 heavy (non-hydrogen) atoms. The number of aromatic nitrogens is 2. The summed E-state index contributed by atoms with van der Waals surface area (Å²) in [6.07, 6.45) is 1.76. The summed E-state index contributed by atoms with van der Waals surface area (Å²) in [7, 11) is 1.64. The molecule has 204 valence electrons. The molecule has 5 rings (SSSR count). The van der Waals surface area contributed by atoms with Crippen LogP contribution in [0.5, 0.6) is 5.75 Å². The monoisotopic (exact) mass is 549 g/mol. The second kappa shape index (κ2) is 12.4. The van der Waals surface area contributed by atoms with Gasteiger partial charge in [0.2, 0.25) is 5.91 Å². The van der Waals surface area contributed by atoms with Crippen LogP contribution in [-0.2, 0) is 9.53 Å². The molecule has 2 amide bonds. The van der Waals surface area contributed by atoms with Crippen molar-refractivity contribution >= 4 is 29.2 Å². The van der Waals surface area contributed by atoms with E-state index in [1.54, 1.807) is 41.2 Å². The van der Waals surface area contributed by atoms with Crippen LogP contribution in [-0.4, -0.2) is 90.9 Å². The molecule has 2 aliphatic rings. The van der Waals surface area contributed by atoms with Crippen molar-refractivity contribution in [2.75, 3.05) is 57.9 Å². The van der Waals surface area contributed by atoms with E-state index in [0.717, 1.165) is 35.7 Å². The molecule has 10 heteroatoms. The van der Waals surface area contributed by atoms with Crippen LogP contribution >= 0.6 is 11.6 Å². The van der Waals surface area contributed by atoms with E-state index in [-0.39, 0.29) is 24.5 Å². The van der Waals surface area contributed by atoms with Gasteiger partial charge in [-0.05, 0) is 61.4 Å². The normalized spacial score (nSPS) is 17.2. The molecule has 0 bridgehead atoms. The summed E-state index contributed by atoms with van der Waals surface area (Å²) in [5.41, 5.74) is 2.14. The lowest BCUT2D eigenvalue weighted by Crippen LogP contribution is -2.52. The molecule has 0 saturated carbocycles. The second-order valence-electron chi connectivity index (χ2n) is 9.67. The van der Waals surface area contributed by atoms with Crippen molar-refractivity contribution in [2.24, 2.45) is 0 Å². The Labute approximate surface area is 233 Å². The van der Waals surface area contributed by atoms with Crippen molar-refractivity contribution in [1.82, 2.24) is 20.0 Å². The molecule has 0 unspecified atom stereocenters. The number of benzene rings is 2. The zero-order valence-corrected chi connectivity index (χ0v) is 22.7. The first-order valence-electron chi connectivity index (χ1n) is 13.2. The number of hydrogen-bond acceptors (Lipinski definition) is 7. The minimum atomic E-state index is -0.254. The third-order valence-corrected chi connectivity index (χ3v) is 7.49. The molecule has 3 heterocycles. The van der Waals surface area contributed by atoms with Gasteiger partial charge >= 0.3 is 0 Å². The summed E-state index contributed by atoms with van der Waals surface area (Å²) in [6, 6.07) is 18.5. The first-order chi connectivity index (χ1) is 19.0. The van der Waals surface area contributed by atoms with Gasteiger partial charge in [-0.25, -0.2) is 0 Å². The molecule has 1 aromatic heterocycles. The number of halogens is 1. The lowest BCUT2D eigenvalue weighted by atomic mass is 10.1. The van der Waals surface area contributed by atoms with Gasteiger partial charge in [0.05, 0.1) is 29.5 Å². The third kappa shape index (κ3) is 6.49. The Morgan fingerprint density at radius 3 is 2.44 bits per heavy atom. The van der Waals surface area contributed by atoms with Gasteiger partial charge in [-0.1, -0.05) is 23.7 Å². The maximum Gasteiger partial charge on any atom is 0.255 e. The average molecular weight is 550 g/mol. The molecule has 2 aliphatic heterocycles. The van der Waals surface area contributed by atoms with Crippen molar-refractivity contribution in [3.05, 3.63) is 71.2 Å². The predicted molar refractivity (Wildman–Crippen MR) is 149 cm³/mol. The quantitative estimate of drug-likeness (QED) is 0.422. The topological polar surface area (TPSA) is 88.1 Å². The maximum atomic E-state index is 13.4. The molecule has 1 atom stereocenters. The largest absolute Gasteiger partial charge is 0.497 e. The minimum Gasteiger partial charge on any atom is -0.497 e. The van der Waals surface area contributed by atoms with Crippen molar-refractivity contribution in [3.63, 3.8) is 0 Å². The standard InChI is InChI=1S/C29H32ClN5O4/c1-38-22-10-8-21(9-11-22)26-12-13-27(32-31-26)33-14-16-34(17-15-33)28(36)20-35(19-23-5-4-18-39-23)29(37)24-6-2-3-7-25(24)30/h2-3,6-13,23H,4-5,14-20H2,1H3/t23-/m1/s1. The molecule has 2 saturated heterocycles. The van der Waals surface area contributed by atoms with E-state index in [2.05, 4.69) is 15.1 Å². The van der Waals surface area contributed by atoms with Crippen molar-refractivity contribution in [3.8, 4) is 17.0 Å². The average Bonchev–Trinajstić information content (AvgIpc) is 3.50. The van der Waals surface area contributed by atoms with Crippen LogP contribution in [0.25, 0.3) is 11.3 Å². The summed E-state index contributed by atoms with van der Waals surface area (Å²) in [5, 5.41) is 9.20. The highest BCUT2D eigenvalue weighted by atomic mass is 35.5. The van der Waals surface area contributed by atoms with Gasteiger partial charge in [-0.3, -0.25) is 9.59 Å². The molecule has 0 radical (unpaired) electrons. The summed E-state index contributed by atoms with van der Waals surface area (Å²) in [4.78, 5) is 32.2. The van der Waals surface area contributed by atoms with Gasteiger partial charge in [-0.2, -0.15) is 0 Å². The number of carbonyl (C=O) groups excluding carboxylic acids is 2. The summed E-state index contributed by atoms with van der Waals surface area (Å²) < 4.78 is 11.0. The molecule has 2 aromatic carbocycles. The van der Waals surface area contributed by atoms with E-state index in [1.807, 2.05) is 36.4 Å². The number of hydrogen-bond donors (Lipinski definition) is 0. The van der Waals surface area contributed by atoms with E-state index in [0.29, 0.717) is 49.9 Å². The Morgan fingerprint density at radius 2 is 1.79 bits per heavy atom. The fraction of sp³-hybridized carbons (Fsp3) is 0.379. The summed E-state index contributed by atoms with van der Waals surface area (Å²) in [6.45, 7) is 3.37. The molecule has 9 nitrogen and oxygen atoms in total. The van der Waals surface area contributed by atoms with Gasteiger partial charge < -0.3 is 24.2 Å². The number of carbonyl (C=O) groups is 2. The maximum absolute atomic E-state index is 13.4. The SMILES string of the molecule is COc1ccc(-c2ccc(N3CCN(C(=O)CN(C[C@H]4CCCO4)C(=O)c4ccccc4Cl)CC3)nn2)cc1. The van der Waals surface area contributed by atoms with Gasteiger partial charge in [-0.15, -0.1) is 10.2 Å². The van der Waals surface area contributed by atoms with Crippen LogP contribution in [0.2, 0.25) is 5.02 Å². The molecule has 0 aliphatic carbocycles. The predicted octanol–water partition coefficient (Wildman–Crippen LogP) is 3.78. The van der Waals surface area contributed by atoms with E-state index in [4.69, 9.17) is 21.1 Å². The van der Waals surface area contributed by atoms with Gasteiger partial charge in [0.15, 0.2) is 5.82 Å². The lowest BCUT2D eigenvalue weighted by molar-refractivity contribution is -0.132. The Bertz CT molecular complexity index is 1270. The number of piperazine rings is 1. The van der Waals surface area contributed by atoms with E-state index < -0.39 is 0 Å². The van der Waals surface area contributed by atoms with Crippen LogP contribution in [0.1, 0.15) is 23.2 Å². The molecule has 3 aromatic rings. The fourth-order valence-corrected chi connectivity index (χ4v) is 5.13. The highest BCUT2D eigenvalue weighted by Gasteiger charge is 2.29. The number of rotatable bonds is 8. The Morgan fingerprint density at radius 1 is 1.03 bits per heavy atom. The Hall–Kier alpha value is -3.69. The van der Waals surface area contributed by atoms with Gasteiger partial charge in [0.1, 0.15) is 12.3 Å². The zero-order valence-electron chi connectivity index (χ0n) is 22.0. The first kappa shape index (κ1) is 26.9. The number of nitrogens with zero attached hydrogens (tertiary/aromatic N) is 5. The van der Waals surface area contributed by atoms with E-state index in [9.17, 15) is 9.59 Å². The van der Waals surface area contributed by atoms with Crippen molar-refractivity contribution in [2.45, 2.75) is 18.9 Å². The van der Waals surface area contributed by atoms with E-state index in [1.165, 1.54) is 0 Å². The minimum absolute atomic E-state index is 0.0136. The first-order valence-corrected chi connectivity index (χ1v) is 13.6. The number of ether oxygens (including phenoxy) is 2. The van der Waals surface area contributed by atoms with Crippen LogP contribution in [0.15, 0.2) is 60.7 Å².